The fourth-order valence-electron chi connectivity index (χ4n) is 2.37. The highest BCUT2D eigenvalue weighted by Gasteiger charge is 2.02. The molecule has 0 aromatic carbocycles. The lowest BCUT2D eigenvalue weighted by Crippen LogP contribution is -2.08. The molecule has 0 aliphatic carbocycles. The first-order valence-corrected chi connectivity index (χ1v) is 9.40. The van der Waals surface area contributed by atoms with E-state index in [1.54, 1.807) is 7.11 Å². The van der Waals surface area contributed by atoms with Crippen LogP contribution in [0.2, 0.25) is 0 Å². The van der Waals surface area contributed by atoms with E-state index in [0.29, 0.717) is 6.10 Å². The van der Waals surface area contributed by atoms with Gasteiger partial charge in [0.2, 0.25) is 0 Å². The molecule has 0 saturated carbocycles. The number of hydrogen-bond acceptors (Lipinski definition) is 2. The van der Waals surface area contributed by atoms with E-state index in [0.717, 1.165) is 38.5 Å². The SMILES string of the molecule is CCCCCC=CC[C@@H](CCC=CCC=CCCCC(=O)O)OC. The zero-order chi connectivity index (χ0) is 17.9. The summed E-state index contributed by atoms with van der Waals surface area (Å²) in [5.41, 5.74) is 0. The van der Waals surface area contributed by atoms with Crippen LogP contribution in [0.15, 0.2) is 36.5 Å². The van der Waals surface area contributed by atoms with Gasteiger partial charge in [0.25, 0.3) is 0 Å². The molecule has 3 nitrogen and oxygen atoms in total. The third-order valence-electron chi connectivity index (χ3n) is 3.90. The molecule has 1 atom stereocenters. The van der Waals surface area contributed by atoms with Gasteiger partial charge in [-0.05, 0) is 51.4 Å². The van der Waals surface area contributed by atoms with Crippen LogP contribution in [-0.4, -0.2) is 24.3 Å². The van der Waals surface area contributed by atoms with Gasteiger partial charge in [0.15, 0.2) is 0 Å². The van der Waals surface area contributed by atoms with Crippen LogP contribution in [0.4, 0.5) is 0 Å². The van der Waals surface area contributed by atoms with E-state index in [4.69, 9.17) is 9.84 Å². The molecule has 3 heteroatoms. The van der Waals surface area contributed by atoms with E-state index in [2.05, 4.69) is 43.4 Å². The number of rotatable bonds is 16. The van der Waals surface area contributed by atoms with Gasteiger partial charge in [-0.3, -0.25) is 4.79 Å². The first kappa shape index (κ1) is 22.6. The number of carbonyl (C=O) groups is 1. The maximum absolute atomic E-state index is 10.4. The molecule has 0 bridgehead atoms. The van der Waals surface area contributed by atoms with Crippen LogP contribution in [0, 0.1) is 0 Å². The van der Waals surface area contributed by atoms with Gasteiger partial charge < -0.3 is 9.84 Å². The van der Waals surface area contributed by atoms with Gasteiger partial charge in [0, 0.05) is 13.5 Å². The van der Waals surface area contributed by atoms with Crippen LogP contribution < -0.4 is 0 Å². The van der Waals surface area contributed by atoms with Crippen molar-refractivity contribution in [2.75, 3.05) is 7.11 Å². The molecule has 0 aliphatic rings. The van der Waals surface area contributed by atoms with Crippen molar-refractivity contribution in [1.29, 1.82) is 0 Å². The summed E-state index contributed by atoms with van der Waals surface area (Å²) in [5, 5.41) is 8.53. The van der Waals surface area contributed by atoms with Gasteiger partial charge in [-0.15, -0.1) is 0 Å². The lowest BCUT2D eigenvalue weighted by atomic mass is 10.1. The van der Waals surface area contributed by atoms with Crippen LogP contribution in [0.1, 0.15) is 77.6 Å². The minimum absolute atomic E-state index is 0.256. The van der Waals surface area contributed by atoms with Gasteiger partial charge >= 0.3 is 5.97 Å². The average molecular weight is 337 g/mol. The summed E-state index contributed by atoms with van der Waals surface area (Å²) in [7, 11) is 1.79. The van der Waals surface area contributed by atoms with Crippen molar-refractivity contribution < 1.29 is 14.6 Å². The van der Waals surface area contributed by atoms with Gasteiger partial charge in [0.05, 0.1) is 6.10 Å². The number of hydrogen-bond donors (Lipinski definition) is 1. The third kappa shape index (κ3) is 17.0. The first-order valence-electron chi connectivity index (χ1n) is 9.40. The van der Waals surface area contributed by atoms with Crippen molar-refractivity contribution in [2.24, 2.45) is 0 Å². The number of ether oxygens (including phenoxy) is 1. The van der Waals surface area contributed by atoms with Crippen molar-refractivity contribution >= 4 is 5.97 Å². The lowest BCUT2D eigenvalue weighted by Gasteiger charge is -2.11. The van der Waals surface area contributed by atoms with E-state index in [1.807, 2.05) is 0 Å². The first-order chi connectivity index (χ1) is 11.7. The highest BCUT2D eigenvalue weighted by Crippen LogP contribution is 2.09. The maximum atomic E-state index is 10.4. The molecule has 0 radical (unpaired) electrons. The van der Waals surface area contributed by atoms with Crippen LogP contribution >= 0.6 is 0 Å². The van der Waals surface area contributed by atoms with Gasteiger partial charge in [0.1, 0.15) is 0 Å². The molecule has 138 valence electrons. The summed E-state index contributed by atoms with van der Waals surface area (Å²) in [6, 6.07) is 0. The predicted molar refractivity (Wildman–Crippen MR) is 102 cm³/mol. The molecular formula is C21H36O3. The van der Waals surface area contributed by atoms with E-state index in [9.17, 15) is 4.79 Å². The Kier molecular flexibility index (Phi) is 17.0. The average Bonchev–Trinajstić information content (AvgIpc) is 2.57. The number of unbranched alkanes of at least 4 members (excludes halogenated alkanes) is 4. The van der Waals surface area contributed by atoms with Crippen molar-refractivity contribution in [3.05, 3.63) is 36.5 Å². The van der Waals surface area contributed by atoms with Gasteiger partial charge in [-0.25, -0.2) is 0 Å². The van der Waals surface area contributed by atoms with Crippen LogP contribution in [-0.2, 0) is 9.53 Å². The minimum atomic E-state index is -0.716. The molecular weight excluding hydrogens is 300 g/mol. The maximum Gasteiger partial charge on any atom is 0.303 e. The molecule has 0 spiro atoms. The topological polar surface area (TPSA) is 46.5 Å². The van der Waals surface area contributed by atoms with Gasteiger partial charge in [-0.2, -0.15) is 0 Å². The molecule has 1 N–H and O–H groups in total. The molecule has 0 heterocycles. The Morgan fingerprint density at radius 1 is 0.958 bits per heavy atom. The fourth-order valence-corrected chi connectivity index (χ4v) is 2.37. The molecule has 0 unspecified atom stereocenters. The number of methoxy groups -OCH3 is 1. The standard InChI is InChI=1S/C21H36O3/c1-3-4-5-6-11-14-17-20(24-2)18-15-12-9-7-8-10-13-16-19-21(22)23/h8-12,14,20H,3-7,13,15-19H2,1-2H3,(H,22,23)/t20-/m0/s1. The summed E-state index contributed by atoms with van der Waals surface area (Å²) in [6.07, 6.45) is 24.3. The molecule has 0 aliphatic heterocycles. The zero-order valence-electron chi connectivity index (χ0n) is 15.6. The Morgan fingerprint density at radius 3 is 2.29 bits per heavy atom. The predicted octanol–water partition coefficient (Wildman–Crippen LogP) is 6.07. The summed E-state index contributed by atoms with van der Waals surface area (Å²) in [4.78, 5) is 10.4. The van der Waals surface area contributed by atoms with Crippen LogP contribution in [0.3, 0.4) is 0 Å². The fraction of sp³-hybridized carbons (Fsp3) is 0.667. The number of carboxylic acids is 1. The largest absolute Gasteiger partial charge is 0.481 e. The van der Waals surface area contributed by atoms with Crippen LogP contribution in [0.5, 0.6) is 0 Å². The van der Waals surface area contributed by atoms with E-state index < -0.39 is 5.97 Å². The van der Waals surface area contributed by atoms with Crippen molar-refractivity contribution in [2.45, 2.75) is 83.7 Å². The molecule has 0 aromatic rings. The number of aliphatic carboxylic acids is 1. The Bertz CT molecular complexity index is 369. The van der Waals surface area contributed by atoms with Crippen molar-refractivity contribution in [3.63, 3.8) is 0 Å². The Labute approximate surface area is 148 Å². The summed E-state index contributed by atoms with van der Waals surface area (Å²) >= 11 is 0. The quantitative estimate of drug-likeness (QED) is 0.275. The highest BCUT2D eigenvalue weighted by molar-refractivity contribution is 5.66. The molecule has 0 fully saturated rings. The van der Waals surface area contributed by atoms with E-state index >= 15 is 0 Å². The van der Waals surface area contributed by atoms with E-state index in [1.165, 1.54) is 25.7 Å². The number of allylic oxidation sites excluding steroid dienone is 5. The van der Waals surface area contributed by atoms with Crippen molar-refractivity contribution in [1.82, 2.24) is 0 Å². The second-order valence-corrected chi connectivity index (χ2v) is 6.10. The smallest absolute Gasteiger partial charge is 0.303 e. The second-order valence-electron chi connectivity index (χ2n) is 6.10. The second kappa shape index (κ2) is 18.0. The summed E-state index contributed by atoms with van der Waals surface area (Å²) in [6.45, 7) is 2.23. The van der Waals surface area contributed by atoms with Gasteiger partial charge in [-0.1, -0.05) is 56.2 Å². The molecule has 0 amide bonds. The van der Waals surface area contributed by atoms with E-state index in [-0.39, 0.29) is 6.42 Å². The number of carboxylic acid groups (broad SMARTS) is 1. The summed E-state index contributed by atoms with van der Waals surface area (Å²) < 4.78 is 5.52. The molecule has 0 saturated heterocycles. The Morgan fingerprint density at radius 2 is 1.62 bits per heavy atom. The van der Waals surface area contributed by atoms with Crippen molar-refractivity contribution in [3.8, 4) is 0 Å². The minimum Gasteiger partial charge on any atom is -0.481 e. The molecule has 24 heavy (non-hydrogen) atoms. The third-order valence-corrected chi connectivity index (χ3v) is 3.90. The van der Waals surface area contributed by atoms with Crippen LogP contribution in [0.25, 0.3) is 0 Å². The molecule has 0 rings (SSSR count). The zero-order valence-corrected chi connectivity index (χ0v) is 15.6. The highest BCUT2D eigenvalue weighted by atomic mass is 16.5. The molecule has 0 aromatic heterocycles. The Hall–Kier alpha value is -1.35. The Balaban J connectivity index is 3.63. The normalized spacial score (nSPS) is 13.4. The monoisotopic (exact) mass is 336 g/mol. The lowest BCUT2D eigenvalue weighted by molar-refractivity contribution is -0.137. The summed E-state index contributed by atoms with van der Waals surface area (Å²) in [5.74, 6) is -0.716.